The molecule has 0 saturated heterocycles. The molecule has 2 unspecified atom stereocenters. The molecule has 4 heterocycles. The number of anilines is 2. The van der Waals surface area contributed by atoms with Crippen LogP contribution in [0.5, 0.6) is 5.75 Å². The minimum atomic E-state index is -0.151. The maximum atomic E-state index is 9.33. The molecule has 0 fully saturated rings. The van der Waals surface area contributed by atoms with Crippen LogP contribution in [0.25, 0.3) is 0 Å². The van der Waals surface area contributed by atoms with Crippen molar-refractivity contribution >= 4 is 23.5 Å². The number of aryl methyl sites for hydroxylation is 1. The van der Waals surface area contributed by atoms with Crippen LogP contribution in [-0.4, -0.2) is 27.3 Å². The van der Waals surface area contributed by atoms with E-state index >= 15 is 0 Å². The standard InChI is InChI=1S/C17H19N7OS/c1-8-6-20-12(9(2)14(8)25-3)7-24-15-13-11(23-24)4-10(5-18)26-16(13)22-17(19)21-15/h6,10-11,23H,4,7H2,1-3H3,(H2,19,21,22). The third-order valence-electron chi connectivity index (χ3n) is 4.73. The Morgan fingerprint density at radius 3 is 3.00 bits per heavy atom. The number of nitrogens with two attached hydrogens (primary N) is 1. The number of nitrogens with one attached hydrogen (secondary N) is 1. The highest BCUT2D eigenvalue weighted by Crippen LogP contribution is 2.47. The van der Waals surface area contributed by atoms with Gasteiger partial charge in [0.15, 0.2) is 5.82 Å². The van der Waals surface area contributed by atoms with Crippen LogP contribution >= 0.6 is 11.8 Å². The first kappa shape index (κ1) is 16.9. The molecule has 26 heavy (non-hydrogen) atoms. The van der Waals surface area contributed by atoms with Crippen molar-refractivity contribution in [2.24, 2.45) is 0 Å². The Balaban J connectivity index is 1.71. The highest BCUT2D eigenvalue weighted by atomic mass is 32.2. The second-order valence-electron chi connectivity index (χ2n) is 6.41. The molecule has 8 nitrogen and oxygen atoms in total. The van der Waals surface area contributed by atoms with Gasteiger partial charge in [-0.05, 0) is 20.3 Å². The van der Waals surface area contributed by atoms with Crippen LogP contribution < -0.4 is 20.9 Å². The van der Waals surface area contributed by atoms with E-state index in [1.54, 1.807) is 7.11 Å². The molecule has 0 radical (unpaired) electrons. The van der Waals surface area contributed by atoms with Gasteiger partial charge in [-0.1, -0.05) is 11.8 Å². The zero-order valence-electron chi connectivity index (χ0n) is 14.8. The van der Waals surface area contributed by atoms with Gasteiger partial charge < -0.3 is 10.5 Å². The number of nitriles is 1. The predicted octanol–water partition coefficient (Wildman–Crippen LogP) is 2.03. The summed E-state index contributed by atoms with van der Waals surface area (Å²) in [6.07, 6.45) is 2.52. The van der Waals surface area contributed by atoms with Gasteiger partial charge in [0.1, 0.15) is 10.8 Å². The third-order valence-corrected chi connectivity index (χ3v) is 5.85. The average molecular weight is 369 g/mol. The van der Waals surface area contributed by atoms with Crippen molar-refractivity contribution in [1.29, 1.82) is 5.26 Å². The fourth-order valence-electron chi connectivity index (χ4n) is 3.52. The number of pyridine rings is 1. The SMILES string of the molecule is COc1c(C)cnc(CN2NC3CC(C#N)Sc4nc(N)nc2c43)c1C. The largest absolute Gasteiger partial charge is 0.496 e. The summed E-state index contributed by atoms with van der Waals surface area (Å²) in [7, 11) is 1.67. The molecule has 0 aromatic carbocycles. The van der Waals surface area contributed by atoms with Crippen LogP contribution in [0, 0.1) is 25.2 Å². The normalized spacial score (nSPS) is 20.6. The molecule has 0 bridgehead atoms. The van der Waals surface area contributed by atoms with E-state index in [1.165, 1.54) is 11.8 Å². The molecule has 2 atom stereocenters. The highest BCUT2D eigenvalue weighted by molar-refractivity contribution is 8.00. The lowest BCUT2D eigenvalue weighted by atomic mass is 10.1. The number of aromatic nitrogens is 3. The first-order chi connectivity index (χ1) is 12.5. The van der Waals surface area contributed by atoms with Crippen LogP contribution in [0.4, 0.5) is 11.8 Å². The van der Waals surface area contributed by atoms with Gasteiger partial charge in [0.2, 0.25) is 5.95 Å². The van der Waals surface area contributed by atoms with Gasteiger partial charge in [0.05, 0.1) is 36.7 Å². The first-order valence-corrected chi connectivity index (χ1v) is 9.16. The second-order valence-corrected chi connectivity index (χ2v) is 7.60. The number of hydrogen-bond acceptors (Lipinski definition) is 9. The predicted molar refractivity (Wildman–Crippen MR) is 98.6 cm³/mol. The lowest BCUT2D eigenvalue weighted by Crippen LogP contribution is -2.36. The molecule has 0 amide bonds. The van der Waals surface area contributed by atoms with Crippen molar-refractivity contribution in [2.75, 3.05) is 17.9 Å². The third kappa shape index (κ3) is 2.62. The smallest absolute Gasteiger partial charge is 0.223 e. The Morgan fingerprint density at radius 1 is 1.46 bits per heavy atom. The van der Waals surface area contributed by atoms with Crippen LogP contribution in [0.3, 0.4) is 0 Å². The lowest BCUT2D eigenvalue weighted by Gasteiger charge is -2.23. The van der Waals surface area contributed by atoms with E-state index in [1.807, 2.05) is 25.1 Å². The Morgan fingerprint density at radius 2 is 2.27 bits per heavy atom. The zero-order chi connectivity index (χ0) is 18.4. The molecule has 4 rings (SSSR count). The van der Waals surface area contributed by atoms with Gasteiger partial charge in [0, 0.05) is 22.9 Å². The van der Waals surface area contributed by atoms with Gasteiger partial charge in [-0.15, -0.1) is 0 Å². The van der Waals surface area contributed by atoms with Crippen LogP contribution in [0.1, 0.15) is 34.8 Å². The van der Waals surface area contributed by atoms with Gasteiger partial charge in [-0.2, -0.15) is 10.2 Å². The Labute approximate surface area is 155 Å². The van der Waals surface area contributed by atoms with Crippen molar-refractivity contribution in [3.63, 3.8) is 0 Å². The Hall–Kier alpha value is -2.57. The van der Waals surface area contributed by atoms with Crippen molar-refractivity contribution in [2.45, 2.75) is 43.1 Å². The maximum absolute atomic E-state index is 9.33. The molecule has 2 aromatic heterocycles. The van der Waals surface area contributed by atoms with E-state index in [-0.39, 0.29) is 17.2 Å². The second kappa shape index (κ2) is 6.30. The number of nitrogen functional groups attached to an aromatic ring is 1. The van der Waals surface area contributed by atoms with E-state index in [0.29, 0.717) is 13.0 Å². The first-order valence-electron chi connectivity index (χ1n) is 8.28. The summed E-state index contributed by atoms with van der Waals surface area (Å²) < 4.78 is 5.51. The monoisotopic (exact) mass is 369 g/mol. The molecule has 2 aliphatic rings. The van der Waals surface area contributed by atoms with Crippen molar-refractivity contribution < 1.29 is 4.74 Å². The summed E-state index contributed by atoms with van der Waals surface area (Å²) in [4.78, 5) is 13.3. The Bertz CT molecular complexity index is 926. The number of hydrogen-bond donors (Lipinski definition) is 2. The van der Waals surface area contributed by atoms with E-state index in [4.69, 9.17) is 10.5 Å². The molecule has 3 N–H and O–H groups in total. The summed E-state index contributed by atoms with van der Waals surface area (Å²) in [5.41, 5.74) is 13.3. The quantitative estimate of drug-likeness (QED) is 0.784. The number of rotatable bonds is 3. The number of hydrazine groups is 1. The Kier molecular flexibility index (Phi) is 4.09. The fourth-order valence-corrected chi connectivity index (χ4v) is 4.63. The van der Waals surface area contributed by atoms with Crippen LogP contribution in [-0.2, 0) is 6.54 Å². The van der Waals surface area contributed by atoms with Gasteiger partial charge in [-0.25, -0.2) is 10.4 Å². The van der Waals surface area contributed by atoms with Gasteiger partial charge in [-0.3, -0.25) is 9.99 Å². The summed E-state index contributed by atoms with van der Waals surface area (Å²) in [5, 5.41) is 11.9. The van der Waals surface area contributed by atoms with Crippen molar-refractivity contribution in [3.8, 4) is 11.8 Å². The minimum absolute atomic E-state index is 0.0131. The van der Waals surface area contributed by atoms with Crippen LogP contribution in [0.15, 0.2) is 11.2 Å². The lowest BCUT2D eigenvalue weighted by molar-refractivity contribution is 0.406. The van der Waals surface area contributed by atoms with Crippen LogP contribution in [0.2, 0.25) is 0 Å². The summed E-state index contributed by atoms with van der Waals surface area (Å²) >= 11 is 1.45. The topological polar surface area (TPSA) is 113 Å². The zero-order valence-corrected chi connectivity index (χ0v) is 15.6. The molecule has 0 saturated carbocycles. The fraction of sp³-hybridized carbons (Fsp3) is 0.412. The molecule has 0 spiro atoms. The molecule has 0 aliphatic carbocycles. The number of thioether (sulfide) groups is 1. The van der Waals surface area contributed by atoms with E-state index < -0.39 is 0 Å². The number of methoxy groups -OCH3 is 1. The van der Waals surface area contributed by atoms with Gasteiger partial charge in [0.25, 0.3) is 0 Å². The van der Waals surface area contributed by atoms with Crippen molar-refractivity contribution in [3.05, 3.63) is 28.6 Å². The van der Waals surface area contributed by atoms with Gasteiger partial charge >= 0.3 is 0 Å². The number of ether oxygens (including phenoxy) is 1. The molecule has 9 heteroatoms. The van der Waals surface area contributed by atoms with Crippen molar-refractivity contribution in [1.82, 2.24) is 20.4 Å². The maximum Gasteiger partial charge on any atom is 0.223 e. The number of nitrogens with zero attached hydrogens (tertiary/aromatic N) is 5. The molecule has 2 aromatic rings. The average Bonchev–Trinajstić information content (AvgIpc) is 2.95. The summed E-state index contributed by atoms with van der Waals surface area (Å²) in [6, 6.07) is 2.33. The summed E-state index contributed by atoms with van der Waals surface area (Å²) in [5.74, 6) is 1.82. The highest BCUT2D eigenvalue weighted by Gasteiger charge is 2.39. The molecule has 134 valence electrons. The van der Waals surface area contributed by atoms with E-state index in [0.717, 1.165) is 39.0 Å². The van der Waals surface area contributed by atoms with E-state index in [2.05, 4.69) is 26.4 Å². The molecule has 2 aliphatic heterocycles. The summed E-state index contributed by atoms with van der Waals surface area (Å²) in [6.45, 7) is 4.50. The molecular weight excluding hydrogens is 350 g/mol. The minimum Gasteiger partial charge on any atom is -0.496 e. The molecular formula is C17H19N7OS. The van der Waals surface area contributed by atoms with E-state index in [9.17, 15) is 5.26 Å².